The second-order valence-corrected chi connectivity index (χ2v) is 3.36. The first-order valence-electron chi connectivity index (χ1n) is 4.27. The minimum atomic E-state index is -0.418. The number of fused-ring (bicyclic) bond motifs is 1. The zero-order valence-corrected chi connectivity index (χ0v) is 7.69. The maximum absolute atomic E-state index is 10.6. The molecule has 2 N–H and O–H groups in total. The van der Waals surface area contributed by atoms with E-state index in [1.54, 1.807) is 6.92 Å². The van der Waals surface area contributed by atoms with Crippen LogP contribution in [0.4, 0.5) is 5.69 Å². The lowest BCUT2D eigenvalue weighted by Gasteiger charge is -2.03. The van der Waals surface area contributed by atoms with Gasteiger partial charge in [-0.05, 0) is 12.5 Å². The average molecular weight is 194 g/mol. The van der Waals surface area contributed by atoms with Crippen molar-refractivity contribution in [1.82, 2.24) is 0 Å². The van der Waals surface area contributed by atoms with E-state index < -0.39 is 4.92 Å². The highest BCUT2D eigenvalue weighted by molar-refractivity contribution is 5.52. The Balaban J connectivity index is 2.58. The van der Waals surface area contributed by atoms with Crippen LogP contribution in [0.25, 0.3) is 0 Å². The fourth-order valence-corrected chi connectivity index (χ4v) is 1.62. The summed E-state index contributed by atoms with van der Waals surface area (Å²) in [5, 5.41) is 10.6. The van der Waals surface area contributed by atoms with Crippen molar-refractivity contribution in [1.29, 1.82) is 0 Å². The molecule has 0 saturated heterocycles. The molecular weight excluding hydrogens is 184 g/mol. The summed E-state index contributed by atoms with van der Waals surface area (Å²) in [7, 11) is 0. The van der Waals surface area contributed by atoms with Crippen LogP contribution < -0.4 is 10.5 Å². The predicted octanol–water partition coefficient (Wildman–Crippen LogP) is 1.30. The van der Waals surface area contributed by atoms with Gasteiger partial charge < -0.3 is 10.5 Å². The van der Waals surface area contributed by atoms with Gasteiger partial charge in [-0.1, -0.05) is 0 Å². The molecule has 0 aromatic heterocycles. The third-order valence-electron chi connectivity index (χ3n) is 2.31. The molecular formula is C9H10N2O3. The van der Waals surface area contributed by atoms with Crippen LogP contribution >= 0.6 is 0 Å². The largest absolute Gasteiger partial charge is 0.491 e. The van der Waals surface area contributed by atoms with E-state index in [1.807, 2.05) is 0 Å². The van der Waals surface area contributed by atoms with E-state index in [9.17, 15) is 10.1 Å². The first-order chi connectivity index (χ1) is 6.59. The highest BCUT2D eigenvalue weighted by Gasteiger charge is 2.25. The van der Waals surface area contributed by atoms with Gasteiger partial charge in [0.05, 0.1) is 11.0 Å². The van der Waals surface area contributed by atoms with Crippen LogP contribution in [0.1, 0.15) is 17.2 Å². The molecule has 1 aliphatic rings. The van der Waals surface area contributed by atoms with E-state index in [0.29, 0.717) is 12.4 Å². The molecule has 1 aromatic rings. The van der Waals surface area contributed by atoms with Crippen molar-refractivity contribution in [2.45, 2.75) is 13.0 Å². The quantitative estimate of drug-likeness (QED) is 0.539. The lowest BCUT2D eigenvalue weighted by molar-refractivity contribution is -0.385. The Hall–Kier alpha value is -1.62. The van der Waals surface area contributed by atoms with Crippen LogP contribution in [0.2, 0.25) is 0 Å². The van der Waals surface area contributed by atoms with Gasteiger partial charge in [0.15, 0.2) is 0 Å². The zero-order chi connectivity index (χ0) is 10.3. The number of nitrogens with two attached hydrogens (primary N) is 1. The number of hydrogen-bond acceptors (Lipinski definition) is 4. The van der Waals surface area contributed by atoms with E-state index >= 15 is 0 Å². The number of aryl methyl sites for hydroxylation is 1. The van der Waals surface area contributed by atoms with Gasteiger partial charge in [0.1, 0.15) is 12.4 Å². The van der Waals surface area contributed by atoms with Crippen LogP contribution in [0.3, 0.4) is 0 Å². The van der Waals surface area contributed by atoms with Gasteiger partial charge in [-0.15, -0.1) is 0 Å². The topological polar surface area (TPSA) is 78.4 Å². The van der Waals surface area contributed by atoms with E-state index in [2.05, 4.69) is 0 Å². The smallest absolute Gasteiger partial charge is 0.270 e. The van der Waals surface area contributed by atoms with E-state index in [4.69, 9.17) is 10.5 Å². The first kappa shape index (κ1) is 8.96. The molecule has 0 radical (unpaired) electrons. The Morgan fingerprint density at radius 3 is 3.00 bits per heavy atom. The molecule has 0 fully saturated rings. The fourth-order valence-electron chi connectivity index (χ4n) is 1.62. The van der Waals surface area contributed by atoms with Gasteiger partial charge in [-0.3, -0.25) is 10.1 Å². The standard InChI is InChI=1S/C9H10N2O3/c1-5-2-6(11(12)13)3-7-8(10)4-14-9(5)7/h2-3,8H,4,10H2,1H3/t8-/m0/s1. The monoisotopic (exact) mass is 194 g/mol. The Morgan fingerprint density at radius 2 is 2.36 bits per heavy atom. The Labute approximate surface area is 80.6 Å². The van der Waals surface area contributed by atoms with Gasteiger partial charge in [-0.2, -0.15) is 0 Å². The summed E-state index contributed by atoms with van der Waals surface area (Å²) >= 11 is 0. The van der Waals surface area contributed by atoms with Gasteiger partial charge in [0.25, 0.3) is 5.69 Å². The van der Waals surface area contributed by atoms with Crippen molar-refractivity contribution in [3.05, 3.63) is 33.4 Å². The molecule has 0 unspecified atom stereocenters. The van der Waals surface area contributed by atoms with Crippen LogP contribution in [0.15, 0.2) is 12.1 Å². The second kappa shape index (κ2) is 2.95. The summed E-state index contributed by atoms with van der Waals surface area (Å²) in [4.78, 5) is 10.2. The van der Waals surface area contributed by atoms with Crippen LogP contribution in [-0.4, -0.2) is 11.5 Å². The molecule has 0 aliphatic carbocycles. The molecule has 0 saturated carbocycles. The Morgan fingerprint density at radius 1 is 1.64 bits per heavy atom. The summed E-state index contributed by atoms with van der Waals surface area (Å²) in [6.07, 6.45) is 0. The number of nitro benzene ring substituents is 1. The predicted molar refractivity (Wildman–Crippen MR) is 50.3 cm³/mol. The summed E-state index contributed by atoms with van der Waals surface area (Å²) in [5.41, 5.74) is 7.31. The van der Waals surface area contributed by atoms with E-state index in [0.717, 1.165) is 11.1 Å². The normalized spacial score (nSPS) is 18.9. The molecule has 0 amide bonds. The number of rotatable bonds is 1. The SMILES string of the molecule is Cc1cc([N+](=O)[O-])cc2c1OC[C@@H]2N. The Bertz CT molecular complexity index is 403. The maximum Gasteiger partial charge on any atom is 0.270 e. The lowest BCUT2D eigenvalue weighted by Crippen LogP contribution is -2.10. The van der Waals surface area contributed by atoms with Crippen molar-refractivity contribution in [3.63, 3.8) is 0 Å². The van der Waals surface area contributed by atoms with Crippen molar-refractivity contribution in [2.24, 2.45) is 5.73 Å². The molecule has 1 heterocycles. The highest BCUT2D eigenvalue weighted by atomic mass is 16.6. The fraction of sp³-hybridized carbons (Fsp3) is 0.333. The number of ether oxygens (including phenoxy) is 1. The molecule has 1 aromatic carbocycles. The molecule has 74 valence electrons. The molecule has 2 rings (SSSR count). The van der Waals surface area contributed by atoms with Crippen LogP contribution in [0.5, 0.6) is 5.75 Å². The maximum atomic E-state index is 10.6. The number of nitro groups is 1. The lowest BCUT2D eigenvalue weighted by atomic mass is 10.1. The second-order valence-electron chi connectivity index (χ2n) is 3.36. The van der Waals surface area contributed by atoms with Gasteiger partial charge in [0, 0.05) is 17.7 Å². The molecule has 1 aliphatic heterocycles. The zero-order valence-electron chi connectivity index (χ0n) is 7.69. The highest BCUT2D eigenvalue weighted by Crippen LogP contribution is 2.36. The van der Waals surface area contributed by atoms with E-state index in [1.165, 1.54) is 12.1 Å². The number of benzene rings is 1. The third kappa shape index (κ3) is 1.22. The van der Waals surface area contributed by atoms with Crippen molar-refractivity contribution >= 4 is 5.69 Å². The van der Waals surface area contributed by atoms with Crippen LogP contribution in [-0.2, 0) is 0 Å². The molecule has 14 heavy (non-hydrogen) atoms. The number of non-ortho nitro benzene ring substituents is 1. The molecule has 0 spiro atoms. The van der Waals surface area contributed by atoms with Gasteiger partial charge in [0.2, 0.25) is 0 Å². The molecule has 0 bridgehead atoms. The minimum absolute atomic E-state index is 0.0715. The first-order valence-corrected chi connectivity index (χ1v) is 4.27. The average Bonchev–Trinajstić information content (AvgIpc) is 2.48. The van der Waals surface area contributed by atoms with Gasteiger partial charge in [-0.25, -0.2) is 0 Å². The van der Waals surface area contributed by atoms with E-state index in [-0.39, 0.29) is 11.7 Å². The number of nitrogens with zero attached hydrogens (tertiary/aromatic N) is 1. The van der Waals surface area contributed by atoms with Crippen molar-refractivity contribution < 1.29 is 9.66 Å². The third-order valence-corrected chi connectivity index (χ3v) is 2.31. The van der Waals surface area contributed by atoms with Crippen LogP contribution in [0, 0.1) is 17.0 Å². The number of hydrogen-bond donors (Lipinski definition) is 1. The molecule has 5 heteroatoms. The van der Waals surface area contributed by atoms with Gasteiger partial charge >= 0.3 is 0 Å². The van der Waals surface area contributed by atoms with Crippen molar-refractivity contribution in [2.75, 3.05) is 6.61 Å². The Kier molecular flexibility index (Phi) is 1.89. The molecule has 1 atom stereocenters. The summed E-state index contributed by atoms with van der Waals surface area (Å²) < 4.78 is 5.33. The van der Waals surface area contributed by atoms with Crippen molar-refractivity contribution in [3.8, 4) is 5.75 Å². The summed E-state index contributed by atoms with van der Waals surface area (Å²) in [6.45, 7) is 2.18. The summed E-state index contributed by atoms with van der Waals surface area (Å²) in [5.74, 6) is 0.697. The minimum Gasteiger partial charge on any atom is -0.491 e. The summed E-state index contributed by atoms with van der Waals surface area (Å²) in [6, 6.07) is 2.74. The molecule has 5 nitrogen and oxygen atoms in total.